The molecule has 0 aromatic heterocycles. The average Bonchev–Trinajstić information content (AvgIpc) is 3.85. The molecule has 0 unspecified atom stereocenters. The number of aliphatic hydroxyl groups is 1. The minimum absolute atomic E-state index is 0.113. The maximum absolute atomic E-state index is 11.6. The van der Waals surface area contributed by atoms with Crippen LogP contribution < -0.4 is 5.32 Å². The van der Waals surface area contributed by atoms with Gasteiger partial charge in [0.2, 0.25) is 0 Å². The summed E-state index contributed by atoms with van der Waals surface area (Å²) in [6.45, 7) is 1.86. The van der Waals surface area contributed by atoms with Gasteiger partial charge in [0.1, 0.15) is 12.4 Å². The molecule has 2 saturated carbocycles. The first-order chi connectivity index (χ1) is 25.7. The van der Waals surface area contributed by atoms with Gasteiger partial charge in [0.25, 0.3) is 0 Å². The summed E-state index contributed by atoms with van der Waals surface area (Å²) in [5, 5.41) is 68.6. The standard InChI is InChI=1S/C44H47N3O6/c48-34-17-13-28(22-37(34)51)12-15-31-32-5-1-6-35(49)39(32)41(53)40(52)33(31)16-11-27-7-9-29(10-8-27)23-45-25-44(38-24-46-26-47-38)21-3-20-43-19-2-4-30(43)14-18-36(50)42(43)44/h1,5-10,12-15,17-18,22,24,30,36,42,45,48-53H,2-4,11,16,19-21,23,25-26H2/t30-,36-,42-,43+,44-/m1/s1. The van der Waals surface area contributed by atoms with E-state index in [1.165, 1.54) is 31.0 Å². The summed E-state index contributed by atoms with van der Waals surface area (Å²) < 4.78 is 0. The number of aliphatic hydroxyl groups excluding tert-OH is 1. The average molecular weight is 714 g/mol. The van der Waals surface area contributed by atoms with Crippen LogP contribution in [0, 0.1) is 22.7 Å². The second-order valence-electron chi connectivity index (χ2n) is 15.4. The number of phenols is 5. The normalized spacial score (nSPS) is 26.3. The van der Waals surface area contributed by atoms with Crippen LogP contribution in [0.5, 0.6) is 28.7 Å². The Labute approximate surface area is 309 Å². The third-order valence-electron chi connectivity index (χ3n) is 12.6. The van der Waals surface area contributed by atoms with Crippen molar-refractivity contribution in [2.75, 3.05) is 13.2 Å². The molecule has 1 aliphatic heterocycles. The number of benzene rings is 4. The van der Waals surface area contributed by atoms with Gasteiger partial charge in [-0.3, -0.25) is 9.98 Å². The first-order valence-corrected chi connectivity index (χ1v) is 18.8. The second kappa shape index (κ2) is 14.0. The fraction of sp³-hybridized carbons (Fsp3) is 0.364. The summed E-state index contributed by atoms with van der Waals surface area (Å²) in [4.78, 5) is 9.37. The first-order valence-electron chi connectivity index (χ1n) is 18.8. The molecule has 2 fully saturated rings. The number of nitrogens with zero attached hydrogens (tertiary/aromatic N) is 2. The van der Waals surface area contributed by atoms with E-state index in [1.807, 2.05) is 12.3 Å². The molecule has 0 amide bonds. The summed E-state index contributed by atoms with van der Waals surface area (Å²) in [6.07, 6.45) is 17.2. The van der Waals surface area contributed by atoms with Crippen molar-refractivity contribution in [3.8, 4) is 28.7 Å². The number of hydrogen-bond donors (Lipinski definition) is 7. The number of aromatic hydroxyl groups is 5. The Kier molecular flexibility index (Phi) is 9.25. The Morgan fingerprint density at radius 3 is 2.40 bits per heavy atom. The van der Waals surface area contributed by atoms with E-state index in [1.54, 1.807) is 30.4 Å². The van der Waals surface area contributed by atoms with Gasteiger partial charge in [0, 0.05) is 36.2 Å². The minimum atomic E-state index is -0.491. The molecule has 4 aromatic carbocycles. The predicted octanol–water partition coefficient (Wildman–Crippen LogP) is 7.40. The number of aliphatic imine (C=N–C) groups is 2. The number of nitrogens with one attached hydrogen (secondary N) is 1. The van der Waals surface area contributed by atoms with E-state index in [-0.39, 0.29) is 50.9 Å². The predicted molar refractivity (Wildman–Crippen MR) is 209 cm³/mol. The van der Waals surface area contributed by atoms with Gasteiger partial charge in [-0.05, 0) is 95.7 Å². The zero-order valence-electron chi connectivity index (χ0n) is 29.7. The van der Waals surface area contributed by atoms with Crippen LogP contribution in [0.3, 0.4) is 0 Å². The Hall–Kier alpha value is -5.12. The number of fused-ring (bicyclic) bond motifs is 1. The van der Waals surface area contributed by atoms with Gasteiger partial charge >= 0.3 is 0 Å². The zero-order valence-corrected chi connectivity index (χ0v) is 29.7. The lowest BCUT2D eigenvalue weighted by molar-refractivity contribution is -0.0761. The van der Waals surface area contributed by atoms with Crippen molar-refractivity contribution in [2.45, 2.75) is 64.0 Å². The van der Waals surface area contributed by atoms with E-state index in [0.29, 0.717) is 54.0 Å². The molecule has 3 aliphatic carbocycles. The quantitative estimate of drug-likeness (QED) is 0.0513. The topological polar surface area (TPSA) is 158 Å². The lowest BCUT2D eigenvalue weighted by atomic mass is 9.47. The highest BCUT2D eigenvalue weighted by Gasteiger charge is 2.62. The molecular formula is C44H47N3O6. The fourth-order valence-electron chi connectivity index (χ4n) is 10.2. The van der Waals surface area contributed by atoms with E-state index in [4.69, 9.17) is 4.99 Å². The third kappa shape index (κ3) is 6.15. The number of aryl methyl sites for hydroxylation is 1. The van der Waals surface area contributed by atoms with Crippen molar-refractivity contribution < 1.29 is 30.6 Å². The highest BCUT2D eigenvalue weighted by atomic mass is 16.3. The van der Waals surface area contributed by atoms with Gasteiger partial charge in [-0.1, -0.05) is 79.6 Å². The van der Waals surface area contributed by atoms with Crippen LogP contribution in [-0.2, 0) is 19.4 Å². The Balaban J connectivity index is 1.00. The van der Waals surface area contributed by atoms with E-state index in [9.17, 15) is 30.6 Å². The molecule has 0 saturated heterocycles. The summed E-state index contributed by atoms with van der Waals surface area (Å²) in [5.74, 6) is -0.629. The van der Waals surface area contributed by atoms with Crippen molar-refractivity contribution >= 4 is 34.9 Å². The van der Waals surface area contributed by atoms with Crippen LogP contribution in [0.25, 0.3) is 22.9 Å². The molecule has 0 bridgehead atoms. The molecular weight excluding hydrogens is 666 g/mol. The van der Waals surface area contributed by atoms with Crippen LogP contribution in [0.15, 0.2) is 82.8 Å². The summed E-state index contributed by atoms with van der Waals surface area (Å²) in [7, 11) is 0. The molecule has 0 radical (unpaired) electrons. The SMILES string of the molecule is Oc1ccc(C=Cc2c(CCc3ccc(CNC[C@@]4(C5=NCN=C5)CCC[C@@]56CCC[C@@H]5C=C[C@@H](O)[C@@H]46)cc3)c(O)c(O)c3c(O)cccc23)cc1O. The van der Waals surface area contributed by atoms with Crippen molar-refractivity contribution in [3.63, 3.8) is 0 Å². The van der Waals surface area contributed by atoms with Gasteiger partial charge in [0.15, 0.2) is 23.0 Å². The van der Waals surface area contributed by atoms with Crippen molar-refractivity contribution in [1.82, 2.24) is 5.32 Å². The number of rotatable bonds is 10. The monoisotopic (exact) mass is 713 g/mol. The first kappa shape index (κ1) is 34.9. The lowest BCUT2D eigenvalue weighted by Gasteiger charge is -2.58. The molecule has 9 heteroatoms. The molecule has 8 rings (SSSR count). The highest BCUT2D eigenvalue weighted by molar-refractivity contribution is 6.34. The molecule has 4 aliphatic rings. The fourth-order valence-corrected chi connectivity index (χ4v) is 10.2. The number of allylic oxidation sites excluding steroid dienone is 1. The molecule has 274 valence electrons. The van der Waals surface area contributed by atoms with Crippen LogP contribution in [-0.4, -0.2) is 61.9 Å². The van der Waals surface area contributed by atoms with Gasteiger partial charge < -0.3 is 36.0 Å². The van der Waals surface area contributed by atoms with Crippen molar-refractivity contribution in [2.24, 2.45) is 32.7 Å². The van der Waals surface area contributed by atoms with Gasteiger partial charge in [-0.25, -0.2) is 0 Å². The van der Waals surface area contributed by atoms with Crippen molar-refractivity contribution in [1.29, 1.82) is 0 Å². The van der Waals surface area contributed by atoms with Crippen LogP contribution >= 0.6 is 0 Å². The van der Waals surface area contributed by atoms with E-state index in [2.05, 4.69) is 40.7 Å². The van der Waals surface area contributed by atoms with Crippen LogP contribution in [0.2, 0.25) is 0 Å². The molecule has 1 spiro atoms. The molecule has 7 N–H and O–H groups in total. The highest BCUT2D eigenvalue weighted by Crippen LogP contribution is 2.64. The largest absolute Gasteiger partial charge is 0.507 e. The van der Waals surface area contributed by atoms with E-state index in [0.717, 1.165) is 49.1 Å². The summed E-state index contributed by atoms with van der Waals surface area (Å²) >= 11 is 0. The lowest BCUT2D eigenvalue weighted by Crippen LogP contribution is -2.60. The summed E-state index contributed by atoms with van der Waals surface area (Å²) in [5.41, 5.74) is 4.89. The Morgan fingerprint density at radius 2 is 1.60 bits per heavy atom. The molecule has 53 heavy (non-hydrogen) atoms. The molecule has 9 nitrogen and oxygen atoms in total. The smallest absolute Gasteiger partial charge is 0.169 e. The number of hydrogen-bond acceptors (Lipinski definition) is 9. The van der Waals surface area contributed by atoms with Gasteiger partial charge in [-0.2, -0.15) is 0 Å². The zero-order chi connectivity index (χ0) is 36.7. The molecule has 1 heterocycles. The Bertz CT molecular complexity index is 2160. The molecule has 4 aromatic rings. The van der Waals surface area contributed by atoms with Crippen LogP contribution in [0.1, 0.15) is 66.3 Å². The van der Waals surface area contributed by atoms with Crippen LogP contribution in [0.4, 0.5) is 0 Å². The van der Waals surface area contributed by atoms with Gasteiger partial charge in [-0.15, -0.1) is 0 Å². The minimum Gasteiger partial charge on any atom is -0.507 e. The second-order valence-corrected chi connectivity index (χ2v) is 15.4. The van der Waals surface area contributed by atoms with Crippen molar-refractivity contribution in [3.05, 3.63) is 101 Å². The maximum atomic E-state index is 11.6. The summed E-state index contributed by atoms with van der Waals surface area (Å²) in [6, 6.07) is 17.9. The van der Waals surface area contributed by atoms with E-state index >= 15 is 0 Å². The third-order valence-corrected chi connectivity index (χ3v) is 12.6. The number of phenolic OH excluding ortho intramolecular Hbond substituents is 5. The molecule has 5 atom stereocenters. The van der Waals surface area contributed by atoms with E-state index < -0.39 is 6.10 Å². The van der Waals surface area contributed by atoms with Gasteiger partial charge in [0.05, 0.1) is 17.2 Å². The Morgan fingerprint density at radius 1 is 0.792 bits per heavy atom. The maximum Gasteiger partial charge on any atom is 0.169 e.